The standard InChI is InChI=1S/C13H11BrN2O4/c14-9-1-2-10(8(5-9)6-15)20-11-3-4-16(13(11)19)7-12(17)18/h1-2,5,11H,3-4,7H2,(H,17,18). The summed E-state index contributed by atoms with van der Waals surface area (Å²) in [6.45, 7) is 0.0123. The van der Waals surface area contributed by atoms with Gasteiger partial charge in [0.05, 0.1) is 5.56 Å². The van der Waals surface area contributed by atoms with Gasteiger partial charge in [0.25, 0.3) is 5.91 Å². The first-order valence-electron chi connectivity index (χ1n) is 5.88. The van der Waals surface area contributed by atoms with Gasteiger partial charge in [0.2, 0.25) is 0 Å². The van der Waals surface area contributed by atoms with Crippen molar-refractivity contribution in [2.24, 2.45) is 0 Å². The van der Waals surface area contributed by atoms with Crippen LogP contribution in [0.4, 0.5) is 0 Å². The molecule has 1 aliphatic heterocycles. The highest BCUT2D eigenvalue weighted by Gasteiger charge is 2.34. The Hall–Kier alpha value is -2.07. The third-order valence-electron chi connectivity index (χ3n) is 2.91. The minimum Gasteiger partial charge on any atom is -0.480 e. The van der Waals surface area contributed by atoms with Gasteiger partial charge in [-0.1, -0.05) is 15.9 Å². The molecule has 1 aromatic rings. The molecule has 0 radical (unpaired) electrons. The lowest BCUT2D eigenvalue weighted by molar-refractivity contribution is -0.144. The normalized spacial score (nSPS) is 17.9. The van der Waals surface area contributed by atoms with Gasteiger partial charge < -0.3 is 14.7 Å². The highest BCUT2D eigenvalue weighted by molar-refractivity contribution is 9.10. The minimum absolute atomic E-state index is 0.323. The van der Waals surface area contributed by atoms with Crippen LogP contribution in [-0.4, -0.2) is 41.1 Å². The number of likely N-dealkylation sites (tertiary alicyclic amines) is 1. The van der Waals surface area contributed by atoms with Crippen molar-refractivity contribution in [1.82, 2.24) is 4.90 Å². The van der Waals surface area contributed by atoms with Crippen molar-refractivity contribution in [3.8, 4) is 11.8 Å². The number of halogens is 1. The molecule has 0 aromatic heterocycles. The van der Waals surface area contributed by atoms with Crippen molar-refractivity contribution >= 4 is 27.8 Å². The lowest BCUT2D eigenvalue weighted by Gasteiger charge is -2.15. The number of benzene rings is 1. The summed E-state index contributed by atoms with van der Waals surface area (Å²) in [5, 5.41) is 17.7. The minimum atomic E-state index is -1.06. The van der Waals surface area contributed by atoms with Crippen molar-refractivity contribution in [2.45, 2.75) is 12.5 Å². The summed E-state index contributed by atoms with van der Waals surface area (Å²) in [7, 11) is 0. The van der Waals surface area contributed by atoms with Gasteiger partial charge in [0.15, 0.2) is 6.10 Å². The number of carbonyl (C=O) groups is 2. The second-order valence-electron chi connectivity index (χ2n) is 4.30. The maximum Gasteiger partial charge on any atom is 0.323 e. The molecule has 1 aromatic carbocycles. The average Bonchev–Trinajstić information content (AvgIpc) is 2.73. The highest BCUT2D eigenvalue weighted by atomic mass is 79.9. The number of aliphatic carboxylic acids is 1. The van der Waals surface area contributed by atoms with Gasteiger partial charge in [-0.2, -0.15) is 5.26 Å². The molecular formula is C13H11BrN2O4. The number of ether oxygens (including phenoxy) is 1. The predicted octanol–water partition coefficient (Wildman–Crippen LogP) is 1.39. The Bertz CT molecular complexity index is 597. The molecule has 1 atom stereocenters. The Balaban J connectivity index is 2.10. The second-order valence-corrected chi connectivity index (χ2v) is 5.22. The summed E-state index contributed by atoms with van der Waals surface area (Å²) in [5.74, 6) is -1.09. The molecule has 20 heavy (non-hydrogen) atoms. The molecule has 1 N–H and O–H groups in total. The van der Waals surface area contributed by atoms with Crippen molar-refractivity contribution in [3.05, 3.63) is 28.2 Å². The first-order valence-corrected chi connectivity index (χ1v) is 6.67. The van der Waals surface area contributed by atoms with E-state index in [-0.39, 0.29) is 12.5 Å². The number of nitrogens with zero attached hydrogens (tertiary/aromatic N) is 2. The Morgan fingerprint density at radius 1 is 1.60 bits per heavy atom. The molecule has 104 valence electrons. The molecule has 1 amide bonds. The first kappa shape index (κ1) is 14.3. The molecule has 0 saturated carbocycles. The SMILES string of the molecule is N#Cc1cc(Br)ccc1OC1CCN(CC(=O)O)C1=O. The van der Waals surface area contributed by atoms with Gasteiger partial charge in [-0.25, -0.2) is 0 Å². The topological polar surface area (TPSA) is 90.6 Å². The maximum absolute atomic E-state index is 12.0. The number of rotatable bonds is 4. The van der Waals surface area contributed by atoms with Gasteiger partial charge in [-0.3, -0.25) is 9.59 Å². The van der Waals surface area contributed by atoms with Crippen LogP contribution in [0.3, 0.4) is 0 Å². The van der Waals surface area contributed by atoms with E-state index in [4.69, 9.17) is 15.1 Å². The zero-order valence-electron chi connectivity index (χ0n) is 10.4. The van der Waals surface area contributed by atoms with Crippen LogP contribution < -0.4 is 4.74 Å². The lowest BCUT2D eigenvalue weighted by Crippen LogP contribution is -2.35. The maximum atomic E-state index is 12.0. The molecule has 6 nitrogen and oxygen atoms in total. The number of carboxylic acid groups (broad SMARTS) is 1. The van der Waals surface area contributed by atoms with Crippen LogP contribution in [0.25, 0.3) is 0 Å². The van der Waals surface area contributed by atoms with Crippen molar-refractivity contribution < 1.29 is 19.4 Å². The first-order chi connectivity index (χ1) is 9.51. The molecule has 1 heterocycles. The molecule has 0 aliphatic carbocycles. The average molecular weight is 339 g/mol. The fourth-order valence-corrected chi connectivity index (χ4v) is 2.35. The number of hydrogen-bond acceptors (Lipinski definition) is 4. The van der Waals surface area contributed by atoms with Gasteiger partial charge in [-0.05, 0) is 18.2 Å². The van der Waals surface area contributed by atoms with Crippen LogP contribution >= 0.6 is 15.9 Å². The van der Waals surface area contributed by atoms with Gasteiger partial charge in [0, 0.05) is 17.4 Å². The van der Waals surface area contributed by atoms with E-state index in [9.17, 15) is 9.59 Å². The van der Waals surface area contributed by atoms with Gasteiger partial charge in [0.1, 0.15) is 18.4 Å². The molecule has 1 aliphatic rings. The van der Waals surface area contributed by atoms with E-state index in [1.165, 1.54) is 4.90 Å². The van der Waals surface area contributed by atoms with E-state index in [0.29, 0.717) is 24.3 Å². The summed E-state index contributed by atoms with van der Waals surface area (Å²) in [6.07, 6.45) is -0.324. The molecule has 0 spiro atoms. The number of nitriles is 1. The zero-order chi connectivity index (χ0) is 14.7. The summed E-state index contributed by atoms with van der Waals surface area (Å²) in [5.41, 5.74) is 0.323. The largest absolute Gasteiger partial charge is 0.480 e. The molecule has 7 heteroatoms. The Labute approximate surface area is 123 Å². The third kappa shape index (κ3) is 3.08. The Kier molecular flexibility index (Phi) is 4.25. The number of carbonyl (C=O) groups excluding carboxylic acids is 1. The zero-order valence-corrected chi connectivity index (χ0v) is 12.0. The van der Waals surface area contributed by atoms with Crippen LogP contribution in [0.2, 0.25) is 0 Å². The van der Waals surface area contributed by atoms with Crippen molar-refractivity contribution in [3.63, 3.8) is 0 Å². The number of carboxylic acids is 1. The lowest BCUT2D eigenvalue weighted by atomic mass is 10.2. The second kappa shape index (κ2) is 5.92. The Morgan fingerprint density at radius 2 is 2.35 bits per heavy atom. The molecular weight excluding hydrogens is 328 g/mol. The van der Waals surface area contributed by atoms with Gasteiger partial charge >= 0.3 is 5.97 Å². The van der Waals surface area contributed by atoms with E-state index in [0.717, 1.165) is 4.47 Å². The monoisotopic (exact) mass is 338 g/mol. The summed E-state index contributed by atoms with van der Waals surface area (Å²) in [6, 6.07) is 6.92. The van der Waals surface area contributed by atoms with E-state index >= 15 is 0 Å². The molecule has 1 saturated heterocycles. The number of amides is 1. The molecule has 1 fully saturated rings. The van der Waals surface area contributed by atoms with E-state index < -0.39 is 12.1 Å². The predicted molar refractivity (Wildman–Crippen MR) is 72.1 cm³/mol. The number of hydrogen-bond donors (Lipinski definition) is 1. The van der Waals surface area contributed by atoms with Crippen LogP contribution in [-0.2, 0) is 9.59 Å². The fraction of sp³-hybridized carbons (Fsp3) is 0.308. The van der Waals surface area contributed by atoms with Crippen molar-refractivity contribution in [2.75, 3.05) is 13.1 Å². The molecule has 1 unspecified atom stereocenters. The summed E-state index contributed by atoms with van der Waals surface area (Å²) in [4.78, 5) is 23.8. The van der Waals surface area contributed by atoms with E-state index in [2.05, 4.69) is 15.9 Å². The van der Waals surface area contributed by atoms with Crippen molar-refractivity contribution in [1.29, 1.82) is 5.26 Å². The van der Waals surface area contributed by atoms with Crippen LogP contribution in [0.1, 0.15) is 12.0 Å². The quantitative estimate of drug-likeness (QED) is 0.895. The van der Waals surface area contributed by atoms with Crippen LogP contribution in [0.5, 0.6) is 5.75 Å². The smallest absolute Gasteiger partial charge is 0.323 e. The molecule has 0 bridgehead atoms. The van der Waals surface area contributed by atoms with Gasteiger partial charge in [-0.15, -0.1) is 0 Å². The summed E-state index contributed by atoms with van der Waals surface area (Å²) >= 11 is 3.25. The third-order valence-corrected chi connectivity index (χ3v) is 3.40. The molecule has 2 rings (SSSR count). The Morgan fingerprint density at radius 3 is 3.00 bits per heavy atom. The fourth-order valence-electron chi connectivity index (χ4n) is 1.99. The van der Waals surface area contributed by atoms with E-state index in [1.54, 1.807) is 18.2 Å². The highest BCUT2D eigenvalue weighted by Crippen LogP contribution is 2.25. The van der Waals surface area contributed by atoms with E-state index in [1.807, 2.05) is 6.07 Å². The summed E-state index contributed by atoms with van der Waals surface area (Å²) < 4.78 is 6.29. The van der Waals surface area contributed by atoms with Crippen LogP contribution in [0.15, 0.2) is 22.7 Å². The van der Waals surface area contributed by atoms with Crippen LogP contribution in [0, 0.1) is 11.3 Å².